The maximum atomic E-state index is 12.8. The smallest absolute Gasteiger partial charge is 0.271 e. The first-order chi connectivity index (χ1) is 15.1. The highest BCUT2D eigenvalue weighted by Crippen LogP contribution is 2.26. The molecule has 1 aromatic heterocycles. The SMILES string of the molecule is CC(C)CNC(=O)c1c(NC(=O)C2CCN(S(=O)(=O)c3ccc(Cl)cc3)CC2)cnn1C. The Bertz CT molecular complexity index is 1070. The molecule has 2 amide bonds. The Morgan fingerprint density at radius 1 is 1.19 bits per heavy atom. The van der Waals surface area contributed by atoms with Gasteiger partial charge in [0.1, 0.15) is 5.69 Å². The summed E-state index contributed by atoms with van der Waals surface area (Å²) in [5.41, 5.74) is 0.622. The standard InChI is InChI=1S/C21H28ClN5O4S/c1-14(2)12-23-21(29)19-18(13-24-26(19)3)25-20(28)15-8-10-27(11-9-15)32(30,31)17-6-4-16(22)5-7-17/h4-7,13-15H,8-12H2,1-3H3,(H,23,29)(H,25,28). The van der Waals surface area contributed by atoms with Crippen molar-refractivity contribution in [3.05, 3.63) is 41.2 Å². The Labute approximate surface area is 193 Å². The molecule has 0 bridgehead atoms. The van der Waals surface area contributed by atoms with Gasteiger partial charge in [-0.25, -0.2) is 8.42 Å². The van der Waals surface area contributed by atoms with E-state index in [1.54, 1.807) is 7.05 Å². The summed E-state index contributed by atoms with van der Waals surface area (Å²) in [4.78, 5) is 25.5. The van der Waals surface area contributed by atoms with Gasteiger partial charge in [0.2, 0.25) is 15.9 Å². The Balaban J connectivity index is 1.62. The van der Waals surface area contributed by atoms with Gasteiger partial charge in [0.15, 0.2) is 0 Å². The predicted octanol–water partition coefficient (Wildman–Crippen LogP) is 2.50. The molecule has 11 heteroatoms. The Kier molecular flexibility index (Phi) is 7.58. The minimum Gasteiger partial charge on any atom is -0.350 e. The normalized spacial score (nSPS) is 15.7. The Morgan fingerprint density at radius 3 is 2.41 bits per heavy atom. The summed E-state index contributed by atoms with van der Waals surface area (Å²) in [6, 6.07) is 6.03. The molecular formula is C21H28ClN5O4S. The van der Waals surface area contributed by atoms with Gasteiger partial charge in [-0.3, -0.25) is 14.3 Å². The second-order valence-electron chi connectivity index (χ2n) is 8.26. The van der Waals surface area contributed by atoms with Crippen LogP contribution in [0, 0.1) is 11.8 Å². The molecule has 9 nitrogen and oxygen atoms in total. The average molecular weight is 482 g/mol. The van der Waals surface area contributed by atoms with E-state index in [0.29, 0.717) is 36.0 Å². The minimum absolute atomic E-state index is 0.178. The van der Waals surface area contributed by atoms with Gasteiger partial charge in [0.25, 0.3) is 5.91 Å². The number of sulfonamides is 1. The van der Waals surface area contributed by atoms with E-state index in [1.807, 2.05) is 13.8 Å². The number of nitrogens with zero attached hydrogens (tertiary/aromatic N) is 3. The van der Waals surface area contributed by atoms with Crippen LogP contribution in [0.4, 0.5) is 5.69 Å². The molecule has 3 rings (SSSR count). The molecule has 0 atom stereocenters. The second kappa shape index (κ2) is 10.0. The Morgan fingerprint density at radius 2 is 1.81 bits per heavy atom. The molecule has 1 saturated heterocycles. The summed E-state index contributed by atoms with van der Waals surface area (Å²) >= 11 is 5.85. The van der Waals surface area contributed by atoms with Crippen LogP contribution in [0.25, 0.3) is 0 Å². The summed E-state index contributed by atoms with van der Waals surface area (Å²) in [6.07, 6.45) is 2.21. The van der Waals surface area contributed by atoms with Gasteiger partial charge < -0.3 is 10.6 Å². The highest BCUT2D eigenvalue weighted by molar-refractivity contribution is 7.89. The third-order valence-electron chi connectivity index (χ3n) is 5.36. The van der Waals surface area contributed by atoms with Gasteiger partial charge in [-0.15, -0.1) is 0 Å². The van der Waals surface area contributed by atoms with Gasteiger partial charge in [0, 0.05) is 37.6 Å². The quantitative estimate of drug-likeness (QED) is 0.630. The average Bonchev–Trinajstić information content (AvgIpc) is 3.12. The van der Waals surface area contributed by atoms with Gasteiger partial charge in [-0.05, 0) is 43.0 Å². The second-order valence-corrected chi connectivity index (χ2v) is 10.6. The molecule has 0 radical (unpaired) electrons. The molecule has 32 heavy (non-hydrogen) atoms. The molecule has 1 aliphatic rings. The highest BCUT2D eigenvalue weighted by Gasteiger charge is 2.32. The van der Waals surface area contributed by atoms with Crippen molar-refractivity contribution in [2.45, 2.75) is 31.6 Å². The number of halogens is 1. The lowest BCUT2D eigenvalue weighted by atomic mass is 9.97. The molecular weight excluding hydrogens is 454 g/mol. The number of hydrogen-bond acceptors (Lipinski definition) is 5. The van der Waals surface area contributed by atoms with Crippen LogP contribution in [-0.2, 0) is 21.9 Å². The lowest BCUT2D eigenvalue weighted by Gasteiger charge is -2.30. The molecule has 0 unspecified atom stereocenters. The molecule has 1 aliphatic heterocycles. The van der Waals surface area contributed by atoms with Crippen LogP contribution in [0.3, 0.4) is 0 Å². The van der Waals surface area contributed by atoms with Crippen LogP contribution in [0.2, 0.25) is 5.02 Å². The maximum Gasteiger partial charge on any atom is 0.271 e. The third-order valence-corrected chi connectivity index (χ3v) is 7.52. The summed E-state index contributed by atoms with van der Waals surface area (Å²) < 4.78 is 28.5. The molecule has 2 heterocycles. The summed E-state index contributed by atoms with van der Waals surface area (Å²) in [5, 5.41) is 10.2. The van der Waals surface area contributed by atoms with Crippen LogP contribution in [0.1, 0.15) is 37.2 Å². The van der Waals surface area contributed by atoms with Gasteiger partial charge in [-0.2, -0.15) is 9.40 Å². The van der Waals surface area contributed by atoms with E-state index in [-0.39, 0.29) is 41.4 Å². The van der Waals surface area contributed by atoms with Crippen LogP contribution in [0.15, 0.2) is 35.4 Å². The molecule has 2 aromatic rings. The summed E-state index contributed by atoms with van der Waals surface area (Å²) in [6.45, 7) is 4.96. The number of hydrogen-bond donors (Lipinski definition) is 2. The number of benzene rings is 1. The van der Waals surface area contributed by atoms with Gasteiger partial charge >= 0.3 is 0 Å². The third kappa shape index (κ3) is 5.48. The van der Waals surface area contributed by atoms with Crippen LogP contribution in [-0.4, -0.2) is 54.0 Å². The number of piperidine rings is 1. The van der Waals surface area contributed by atoms with Crippen molar-refractivity contribution in [3.8, 4) is 0 Å². The monoisotopic (exact) mass is 481 g/mol. The Hall–Kier alpha value is -2.43. The van der Waals surface area contributed by atoms with Crippen molar-refractivity contribution in [2.75, 3.05) is 25.0 Å². The number of rotatable bonds is 7. The van der Waals surface area contributed by atoms with E-state index in [4.69, 9.17) is 11.6 Å². The molecule has 0 saturated carbocycles. The van der Waals surface area contributed by atoms with Crippen LogP contribution >= 0.6 is 11.6 Å². The zero-order chi connectivity index (χ0) is 23.5. The van der Waals surface area contributed by atoms with Gasteiger partial charge in [0.05, 0.1) is 16.8 Å². The molecule has 1 aromatic carbocycles. The molecule has 0 aliphatic carbocycles. The molecule has 1 fully saturated rings. The number of carbonyl (C=O) groups is 2. The number of aromatic nitrogens is 2. The molecule has 0 spiro atoms. The van der Waals surface area contributed by atoms with Crippen molar-refractivity contribution in [3.63, 3.8) is 0 Å². The lowest BCUT2D eigenvalue weighted by molar-refractivity contribution is -0.120. The van der Waals surface area contributed by atoms with E-state index in [0.717, 1.165) is 0 Å². The summed E-state index contributed by atoms with van der Waals surface area (Å²) in [5.74, 6) is -0.629. The number of anilines is 1. The first-order valence-corrected chi connectivity index (χ1v) is 12.3. The van der Waals surface area contributed by atoms with E-state index in [2.05, 4.69) is 15.7 Å². The fourth-order valence-electron chi connectivity index (χ4n) is 3.53. The highest BCUT2D eigenvalue weighted by atomic mass is 35.5. The van der Waals surface area contributed by atoms with E-state index >= 15 is 0 Å². The van der Waals surface area contributed by atoms with Crippen molar-refractivity contribution in [1.82, 2.24) is 19.4 Å². The van der Waals surface area contributed by atoms with E-state index < -0.39 is 10.0 Å². The largest absolute Gasteiger partial charge is 0.350 e. The van der Waals surface area contributed by atoms with Crippen molar-refractivity contribution < 1.29 is 18.0 Å². The zero-order valence-corrected chi connectivity index (χ0v) is 19.9. The lowest BCUT2D eigenvalue weighted by Crippen LogP contribution is -2.41. The van der Waals surface area contributed by atoms with Crippen molar-refractivity contribution in [2.24, 2.45) is 18.9 Å². The molecule has 174 valence electrons. The van der Waals surface area contributed by atoms with Crippen molar-refractivity contribution >= 4 is 39.1 Å². The van der Waals surface area contributed by atoms with E-state index in [9.17, 15) is 18.0 Å². The predicted molar refractivity (Wildman–Crippen MR) is 122 cm³/mol. The first kappa shape index (κ1) is 24.2. The number of amides is 2. The first-order valence-electron chi connectivity index (χ1n) is 10.5. The topological polar surface area (TPSA) is 113 Å². The molecule has 2 N–H and O–H groups in total. The zero-order valence-electron chi connectivity index (χ0n) is 18.3. The fraction of sp³-hybridized carbons (Fsp3) is 0.476. The number of aryl methyl sites for hydroxylation is 1. The number of nitrogens with one attached hydrogen (secondary N) is 2. The van der Waals surface area contributed by atoms with Crippen LogP contribution < -0.4 is 10.6 Å². The van der Waals surface area contributed by atoms with Crippen molar-refractivity contribution in [1.29, 1.82) is 0 Å². The van der Waals surface area contributed by atoms with Gasteiger partial charge in [-0.1, -0.05) is 25.4 Å². The minimum atomic E-state index is -3.64. The number of carbonyl (C=O) groups excluding carboxylic acids is 2. The fourth-order valence-corrected chi connectivity index (χ4v) is 5.12. The maximum absolute atomic E-state index is 12.8. The summed E-state index contributed by atoms with van der Waals surface area (Å²) in [7, 11) is -2.00. The van der Waals surface area contributed by atoms with Crippen LogP contribution in [0.5, 0.6) is 0 Å². The van der Waals surface area contributed by atoms with E-state index in [1.165, 1.54) is 39.4 Å².